The van der Waals surface area contributed by atoms with Crippen molar-refractivity contribution in [2.45, 2.75) is 6.42 Å². The van der Waals surface area contributed by atoms with Crippen LogP contribution in [0.2, 0.25) is 0 Å². The topological polar surface area (TPSA) is 71.8 Å². The van der Waals surface area contributed by atoms with Gasteiger partial charge < -0.3 is 5.73 Å². The van der Waals surface area contributed by atoms with Gasteiger partial charge in [-0.15, -0.1) is 6.58 Å². The maximum absolute atomic E-state index is 10.7. The van der Waals surface area contributed by atoms with E-state index in [2.05, 4.69) is 16.8 Å². The molecule has 1 aromatic rings. The number of aromatic amines is 1. The third-order valence-corrected chi connectivity index (χ3v) is 1.32. The minimum atomic E-state index is -0.462. The van der Waals surface area contributed by atoms with Crippen LogP contribution in [0.1, 0.15) is 16.1 Å². The summed E-state index contributed by atoms with van der Waals surface area (Å²) in [5.41, 5.74) is 6.14. The average Bonchev–Trinajstić information content (AvgIpc) is 2.36. The van der Waals surface area contributed by atoms with Crippen LogP contribution in [0.3, 0.4) is 0 Å². The molecule has 0 aromatic carbocycles. The zero-order valence-electron chi connectivity index (χ0n) is 6.00. The van der Waals surface area contributed by atoms with Gasteiger partial charge in [-0.05, 0) is 0 Å². The molecule has 0 spiro atoms. The van der Waals surface area contributed by atoms with E-state index in [0.717, 1.165) is 0 Å². The molecule has 11 heavy (non-hydrogen) atoms. The number of aromatic nitrogens is 2. The Bertz CT molecular complexity index is 277. The van der Waals surface area contributed by atoms with Gasteiger partial charge in [0.05, 0.1) is 11.3 Å². The van der Waals surface area contributed by atoms with Gasteiger partial charge >= 0.3 is 0 Å². The summed E-state index contributed by atoms with van der Waals surface area (Å²) in [5, 5.41) is 6.40. The van der Waals surface area contributed by atoms with Crippen LogP contribution in [0.25, 0.3) is 0 Å². The molecule has 0 radical (unpaired) electrons. The standard InChI is InChI=1S/C7H9N3O/c1-2-3-6-5(7(8)11)4-9-10-6/h2,4H,1,3H2,(H2,8,11)(H,9,10). The van der Waals surface area contributed by atoms with Gasteiger partial charge in [0.25, 0.3) is 5.91 Å². The van der Waals surface area contributed by atoms with Crippen molar-refractivity contribution in [1.82, 2.24) is 10.2 Å². The largest absolute Gasteiger partial charge is 0.365 e. The van der Waals surface area contributed by atoms with Gasteiger partial charge in [0.2, 0.25) is 0 Å². The predicted octanol–water partition coefficient (Wildman–Crippen LogP) is 0.237. The molecule has 1 heterocycles. The van der Waals surface area contributed by atoms with Crippen molar-refractivity contribution < 1.29 is 4.79 Å². The Labute approximate surface area is 64.1 Å². The summed E-state index contributed by atoms with van der Waals surface area (Å²) >= 11 is 0. The molecular weight excluding hydrogens is 142 g/mol. The number of H-pyrrole nitrogens is 1. The molecule has 58 valence electrons. The van der Waals surface area contributed by atoms with Crippen molar-refractivity contribution in [2.24, 2.45) is 5.73 Å². The molecule has 4 nitrogen and oxygen atoms in total. The van der Waals surface area contributed by atoms with E-state index in [9.17, 15) is 4.79 Å². The molecule has 1 aromatic heterocycles. The Kier molecular flexibility index (Phi) is 2.06. The van der Waals surface area contributed by atoms with Crippen molar-refractivity contribution in [3.63, 3.8) is 0 Å². The highest BCUT2D eigenvalue weighted by molar-refractivity contribution is 5.93. The van der Waals surface area contributed by atoms with Crippen LogP contribution in [0.15, 0.2) is 18.9 Å². The normalized spacial score (nSPS) is 9.45. The third-order valence-electron chi connectivity index (χ3n) is 1.32. The van der Waals surface area contributed by atoms with Crippen LogP contribution >= 0.6 is 0 Å². The van der Waals surface area contributed by atoms with Crippen molar-refractivity contribution in [3.8, 4) is 0 Å². The summed E-state index contributed by atoms with van der Waals surface area (Å²) in [7, 11) is 0. The first-order chi connectivity index (χ1) is 5.25. The van der Waals surface area contributed by atoms with E-state index in [1.54, 1.807) is 6.08 Å². The summed E-state index contributed by atoms with van der Waals surface area (Å²) in [5.74, 6) is -0.462. The lowest BCUT2D eigenvalue weighted by molar-refractivity contribution is 0.0999. The fourth-order valence-corrected chi connectivity index (χ4v) is 0.824. The van der Waals surface area contributed by atoms with Gasteiger partial charge in [0, 0.05) is 12.6 Å². The van der Waals surface area contributed by atoms with E-state index >= 15 is 0 Å². The highest BCUT2D eigenvalue weighted by atomic mass is 16.1. The highest BCUT2D eigenvalue weighted by Gasteiger charge is 2.08. The Morgan fingerprint density at radius 1 is 1.91 bits per heavy atom. The predicted molar refractivity (Wildman–Crippen MR) is 41.0 cm³/mol. The number of primary amides is 1. The van der Waals surface area contributed by atoms with Crippen molar-refractivity contribution in [3.05, 3.63) is 30.1 Å². The molecule has 0 fully saturated rings. The molecule has 0 bridgehead atoms. The lowest BCUT2D eigenvalue weighted by atomic mass is 10.2. The monoisotopic (exact) mass is 151 g/mol. The summed E-state index contributed by atoms with van der Waals surface area (Å²) in [6, 6.07) is 0. The molecule has 0 saturated carbocycles. The van der Waals surface area contributed by atoms with E-state index in [0.29, 0.717) is 17.7 Å². The van der Waals surface area contributed by atoms with Crippen LogP contribution in [0.4, 0.5) is 0 Å². The SMILES string of the molecule is C=CCc1n[nH]cc1C(N)=O. The van der Waals surface area contributed by atoms with Crippen LogP contribution in [-0.2, 0) is 6.42 Å². The molecule has 0 unspecified atom stereocenters. The number of hydrogen-bond donors (Lipinski definition) is 2. The number of nitrogens with two attached hydrogens (primary N) is 1. The average molecular weight is 151 g/mol. The van der Waals surface area contributed by atoms with Gasteiger partial charge in [-0.25, -0.2) is 0 Å². The summed E-state index contributed by atoms with van der Waals surface area (Å²) in [6.07, 6.45) is 3.71. The van der Waals surface area contributed by atoms with E-state index in [4.69, 9.17) is 5.73 Å². The number of nitrogens with zero attached hydrogens (tertiary/aromatic N) is 1. The lowest BCUT2D eigenvalue weighted by Crippen LogP contribution is -2.12. The molecule has 4 heteroatoms. The lowest BCUT2D eigenvalue weighted by Gasteiger charge is -1.91. The molecule has 1 amide bonds. The Morgan fingerprint density at radius 3 is 3.18 bits per heavy atom. The van der Waals surface area contributed by atoms with Crippen molar-refractivity contribution >= 4 is 5.91 Å². The molecule has 0 aliphatic rings. The fraction of sp³-hybridized carbons (Fsp3) is 0.143. The Morgan fingerprint density at radius 2 is 2.64 bits per heavy atom. The summed E-state index contributed by atoms with van der Waals surface area (Å²) < 4.78 is 0. The second-order valence-electron chi connectivity index (χ2n) is 2.10. The quantitative estimate of drug-likeness (QED) is 0.607. The molecule has 1 rings (SSSR count). The van der Waals surface area contributed by atoms with Crippen molar-refractivity contribution in [1.29, 1.82) is 0 Å². The number of rotatable bonds is 3. The van der Waals surface area contributed by atoms with Gasteiger partial charge in [0.15, 0.2) is 0 Å². The first-order valence-electron chi connectivity index (χ1n) is 3.19. The second kappa shape index (κ2) is 3.01. The Hall–Kier alpha value is -1.58. The Balaban J connectivity index is 2.95. The van der Waals surface area contributed by atoms with E-state index in [1.165, 1.54) is 6.20 Å². The summed E-state index contributed by atoms with van der Waals surface area (Å²) in [4.78, 5) is 10.7. The minimum absolute atomic E-state index is 0.435. The molecular formula is C7H9N3O. The van der Waals surface area contributed by atoms with Crippen LogP contribution in [-0.4, -0.2) is 16.1 Å². The number of allylic oxidation sites excluding steroid dienone is 1. The molecule has 3 N–H and O–H groups in total. The number of carbonyl (C=O) groups is 1. The maximum atomic E-state index is 10.7. The highest BCUT2D eigenvalue weighted by Crippen LogP contribution is 2.03. The molecule has 0 saturated heterocycles. The number of nitrogens with one attached hydrogen (secondary N) is 1. The van der Waals surface area contributed by atoms with Gasteiger partial charge in [-0.1, -0.05) is 6.08 Å². The van der Waals surface area contributed by atoms with Gasteiger partial charge in [-0.3, -0.25) is 9.89 Å². The smallest absolute Gasteiger partial charge is 0.252 e. The molecule has 0 aliphatic heterocycles. The molecule has 0 aliphatic carbocycles. The first-order valence-corrected chi connectivity index (χ1v) is 3.19. The first kappa shape index (κ1) is 7.53. The van der Waals surface area contributed by atoms with E-state index in [-0.39, 0.29) is 0 Å². The zero-order chi connectivity index (χ0) is 8.27. The third kappa shape index (κ3) is 1.46. The second-order valence-corrected chi connectivity index (χ2v) is 2.10. The van der Waals surface area contributed by atoms with E-state index in [1.807, 2.05) is 0 Å². The number of amides is 1. The van der Waals surface area contributed by atoms with Crippen molar-refractivity contribution in [2.75, 3.05) is 0 Å². The molecule has 0 atom stereocenters. The number of carbonyl (C=O) groups excluding carboxylic acids is 1. The van der Waals surface area contributed by atoms with Gasteiger partial charge in [0.1, 0.15) is 0 Å². The fourth-order valence-electron chi connectivity index (χ4n) is 0.824. The minimum Gasteiger partial charge on any atom is -0.365 e. The van der Waals surface area contributed by atoms with Gasteiger partial charge in [-0.2, -0.15) is 5.10 Å². The zero-order valence-corrected chi connectivity index (χ0v) is 6.00. The van der Waals surface area contributed by atoms with E-state index < -0.39 is 5.91 Å². The summed E-state index contributed by atoms with van der Waals surface area (Å²) in [6.45, 7) is 3.53. The maximum Gasteiger partial charge on any atom is 0.252 e. The van der Waals surface area contributed by atoms with Crippen LogP contribution in [0.5, 0.6) is 0 Å². The van der Waals surface area contributed by atoms with Crippen LogP contribution in [0, 0.1) is 0 Å². The number of hydrogen-bond acceptors (Lipinski definition) is 2. The van der Waals surface area contributed by atoms with Crippen LogP contribution < -0.4 is 5.73 Å².